The molecular formula is C9H6ClNO4. The molecule has 2 rings (SSSR count). The van der Waals surface area contributed by atoms with Gasteiger partial charge in [0.2, 0.25) is 0 Å². The number of rotatable bonds is 1. The third-order valence-corrected chi connectivity index (χ3v) is 2.27. The van der Waals surface area contributed by atoms with Gasteiger partial charge in [0.15, 0.2) is 5.75 Å². The molecule has 1 aromatic carbocycles. The second-order valence-electron chi connectivity index (χ2n) is 2.99. The summed E-state index contributed by atoms with van der Waals surface area (Å²) in [6.45, 7) is 0.217. The first-order valence-electron chi connectivity index (χ1n) is 4.09. The Balaban J connectivity index is 2.52. The summed E-state index contributed by atoms with van der Waals surface area (Å²) in [5, 5.41) is 11.3. The van der Waals surface area contributed by atoms with Crippen molar-refractivity contribution >= 4 is 23.7 Å². The number of fused-ring (bicyclic) bond motifs is 1. The first-order valence-corrected chi connectivity index (χ1v) is 4.47. The van der Waals surface area contributed by atoms with Gasteiger partial charge in [-0.05, 0) is 12.1 Å². The maximum absolute atomic E-state index is 10.9. The molecule has 0 saturated heterocycles. The third kappa shape index (κ3) is 1.73. The summed E-state index contributed by atoms with van der Waals surface area (Å²) in [5.74, 6) is -0.845. The van der Waals surface area contributed by atoms with Crippen LogP contribution in [-0.2, 0) is 6.54 Å². The van der Waals surface area contributed by atoms with Crippen LogP contribution in [0.1, 0.15) is 15.9 Å². The molecule has 2 N–H and O–H groups in total. The van der Waals surface area contributed by atoms with E-state index in [1.54, 1.807) is 0 Å². The second-order valence-corrected chi connectivity index (χ2v) is 3.40. The van der Waals surface area contributed by atoms with Gasteiger partial charge in [-0.25, -0.2) is 9.59 Å². The highest BCUT2D eigenvalue weighted by Crippen LogP contribution is 2.32. The summed E-state index contributed by atoms with van der Waals surface area (Å²) in [6.07, 6.45) is -0.590. The minimum atomic E-state index is -1.07. The number of halogens is 1. The molecular weight excluding hydrogens is 222 g/mol. The average molecular weight is 228 g/mol. The molecule has 0 aromatic heterocycles. The third-order valence-electron chi connectivity index (χ3n) is 1.99. The molecule has 0 radical (unpaired) electrons. The first kappa shape index (κ1) is 9.79. The van der Waals surface area contributed by atoms with Gasteiger partial charge < -0.3 is 15.2 Å². The Morgan fingerprint density at radius 2 is 2.27 bits per heavy atom. The summed E-state index contributed by atoms with van der Waals surface area (Å²) < 4.78 is 4.82. The second kappa shape index (κ2) is 3.43. The molecule has 0 atom stereocenters. The van der Waals surface area contributed by atoms with Crippen LogP contribution in [0.15, 0.2) is 12.1 Å². The molecule has 15 heavy (non-hydrogen) atoms. The van der Waals surface area contributed by atoms with E-state index in [2.05, 4.69) is 5.32 Å². The highest BCUT2D eigenvalue weighted by atomic mass is 35.5. The maximum Gasteiger partial charge on any atom is 0.412 e. The van der Waals surface area contributed by atoms with Crippen LogP contribution in [0, 0.1) is 0 Å². The normalized spacial score (nSPS) is 13.8. The first-order chi connectivity index (χ1) is 7.08. The Morgan fingerprint density at radius 3 is 2.93 bits per heavy atom. The number of aromatic carboxylic acids is 1. The number of carboxylic acids is 1. The largest absolute Gasteiger partial charge is 0.478 e. The molecule has 0 spiro atoms. The Morgan fingerprint density at radius 1 is 1.53 bits per heavy atom. The van der Waals surface area contributed by atoms with Crippen molar-refractivity contribution < 1.29 is 19.4 Å². The topological polar surface area (TPSA) is 75.6 Å². The van der Waals surface area contributed by atoms with Crippen LogP contribution < -0.4 is 10.1 Å². The summed E-state index contributed by atoms with van der Waals surface area (Å²) in [7, 11) is 0. The molecule has 0 saturated carbocycles. The molecule has 1 amide bonds. The van der Waals surface area contributed by atoms with Gasteiger partial charge in [-0.1, -0.05) is 11.6 Å². The lowest BCUT2D eigenvalue weighted by Crippen LogP contribution is -2.31. The summed E-state index contributed by atoms with van der Waals surface area (Å²) in [6, 6.07) is 2.67. The molecule has 0 aliphatic carbocycles. The predicted molar refractivity (Wildman–Crippen MR) is 51.3 cm³/mol. The van der Waals surface area contributed by atoms with Crippen molar-refractivity contribution in [1.82, 2.24) is 5.32 Å². The van der Waals surface area contributed by atoms with E-state index < -0.39 is 12.1 Å². The van der Waals surface area contributed by atoms with E-state index in [-0.39, 0.29) is 22.9 Å². The van der Waals surface area contributed by atoms with E-state index in [9.17, 15) is 9.59 Å². The fourth-order valence-corrected chi connectivity index (χ4v) is 1.59. The van der Waals surface area contributed by atoms with Crippen molar-refractivity contribution in [2.75, 3.05) is 0 Å². The van der Waals surface area contributed by atoms with E-state index in [1.807, 2.05) is 0 Å². The number of hydrogen-bond donors (Lipinski definition) is 2. The standard InChI is InChI=1S/C9H6ClNO4/c10-6-2-4(8(12)13)1-5-3-11-9(14)15-7(5)6/h1-2H,3H2,(H,11,14)(H,12,13). The van der Waals surface area contributed by atoms with Crippen LogP contribution >= 0.6 is 11.6 Å². The van der Waals surface area contributed by atoms with E-state index >= 15 is 0 Å². The minimum absolute atomic E-state index is 0.0681. The SMILES string of the molecule is O=C1NCc2cc(C(=O)O)cc(Cl)c2O1. The summed E-state index contributed by atoms with van der Waals surface area (Å²) in [5.41, 5.74) is 0.623. The van der Waals surface area contributed by atoms with E-state index in [0.29, 0.717) is 5.56 Å². The highest BCUT2D eigenvalue weighted by Gasteiger charge is 2.21. The van der Waals surface area contributed by atoms with Crippen LogP contribution in [-0.4, -0.2) is 17.2 Å². The maximum atomic E-state index is 10.9. The molecule has 1 aliphatic heterocycles. The number of carbonyl (C=O) groups is 2. The van der Waals surface area contributed by atoms with Gasteiger partial charge in [0.1, 0.15) is 0 Å². The van der Waals surface area contributed by atoms with Gasteiger partial charge in [-0.3, -0.25) is 0 Å². The molecule has 1 aliphatic rings. The van der Waals surface area contributed by atoms with Crippen LogP contribution in [0.5, 0.6) is 5.75 Å². The average Bonchev–Trinajstić information content (AvgIpc) is 2.18. The quantitative estimate of drug-likeness (QED) is 0.765. The Kier molecular flexibility index (Phi) is 2.24. The minimum Gasteiger partial charge on any atom is -0.478 e. The molecule has 0 fully saturated rings. The smallest absolute Gasteiger partial charge is 0.412 e. The summed E-state index contributed by atoms with van der Waals surface area (Å²) in [4.78, 5) is 21.6. The van der Waals surface area contributed by atoms with Crippen LogP contribution in [0.3, 0.4) is 0 Å². The monoisotopic (exact) mass is 227 g/mol. The van der Waals surface area contributed by atoms with Gasteiger partial charge in [-0.15, -0.1) is 0 Å². The number of benzene rings is 1. The molecule has 0 unspecified atom stereocenters. The van der Waals surface area contributed by atoms with Crippen molar-refractivity contribution in [3.63, 3.8) is 0 Å². The lowest BCUT2D eigenvalue weighted by molar-refractivity contribution is 0.0696. The molecule has 1 heterocycles. The molecule has 6 heteroatoms. The number of nitrogens with one attached hydrogen (secondary N) is 1. The van der Waals surface area contributed by atoms with E-state index in [4.69, 9.17) is 21.4 Å². The number of carbonyl (C=O) groups excluding carboxylic acids is 1. The van der Waals surface area contributed by atoms with Crippen molar-refractivity contribution in [3.05, 3.63) is 28.3 Å². The number of carboxylic acid groups (broad SMARTS) is 1. The van der Waals surface area contributed by atoms with Gasteiger partial charge in [0, 0.05) is 12.1 Å². The Hall–Kier alpha value is -1.75. The van der Waals surface area contributed by atoms with E-state index in [0.717, 1.165) is 0 Å². The summed E-state index contributed by atoms with van der Waals surface area (Å²) >= 11 is 5.79. The lowest BCUT2D eigenvalue weighted by atomic mass is 10.1. The van der Waals surface area contributed by atoms with Gasteiger partial charge in [-0.2, -0.15) is 0 Å². The predicted octanol–water partition coefficient (Wildman–Crippen LogP) is 1.64. The van der Waals surface area contributed by atoms with Crippen LogP contribution in [0.4, 0.5) is 4.79 Å². The number of ether oxygens (including phenoxy) is 1. The van der Waals surface area contributed by atoms with Crippen molar-refractivity contribution in [1.29, 1.82) is 0 Å². The van der Waals surface area contributed by atoms with E-state index in [1.165, 1.54) is 12.1 Å². The number of amides is 1. The molecule has 5 nitrogen and oxygen atoms in total. The van der Waals surface area contributed by atoms with Crippen molar-refractivity contribution in [2.24, 2.45) is 0 Å². The molecule has 1 aromatic rings. The zero-order valence-electron chi connectivity index (χ0n) is 7.41. The fraction of sp³-hybridized carbons (Fsp3) is 0.111. The fourth-order valence-electron chi connectivity index (χ4n) is 1.32. The molecule has 0 bridgehead atoms. The number of hydrogen-bond acceptors (Lipinski definition) is 3. The van der Waals surface area contributed by atoms with Gasteiger partial charge in [0.25, 0.3) is 0 Å². The zero-order chi connectivity index (χ0) is 11.0. The van der Waals surface area contributed by atoms with Crippen LogP contribution in [0.25, 0.3) is 0 Å². The van der Waals surface area contributed by atoms with Gasteiger partial charge >= 0.3 is 12.1 Å². The highest BCUT2D eigenvalue weighted by molar-refractivity contribution is 6.32. The van der Waals surface area contributed by atoms with Crippen LogP contribution in [0.2, 0.25) is 5.02 Å². The lowest BCUT2D eigenvalue weighted by Gasteiger charge is -2.18. The van der Waals surface area contributed by atoms with Crippen molar-refractivity contribution in [2.45, 2.75) is 6.54 Å². The van der Waals surface area contributed by atoms with Gasteiger partial charge in [0.05, 0.1) is 10.6 Å². The van der Waals surface area contributed by atoms with Crippen molar-refractivity contribution in [3.8, 4) is 5.75 Å². The zero-order valence-corrected chi connectivity index (χ0v) is 8.17. The Labute approximate surface area is 89.6 Å². The Bertz CT molecular complexity index is 458. The molecule has 78 valence electrons.